The molecule has 1 aromatic heterocycles. The Balaban J connectivity index is 1.68. The minimum Gasteiger partial charge on any atom is -0.477 e. The maximum Gasteiger partial charge on any atom is 0.278 e. The van der Waals surface area contributed by atoms with E-state index in [0.717, 1.165) is 16.9 Å². The molecule has 2 heterocycles. The van der Waals surface area contributed by atoms with E-state index in [-0.39, 0.29) is 12.0 Å². The van der Waals surface area contributed by atoms with Gasteiger partial charge in [0.2, 0.25) is 0 Å². The second-order valence-electron chi connectivity index (χ2n) is 5.35. The second-order valence-corrected chi connectivity index (χ2v) is 6.20. The minimum absolute atomic E-state index is 0.0390. The molecular weight excluding hydrogens is 326 g/mol. The zero-order chi connectivity index (χ0) is 16.9. The summed E-state index contributed by atoms with van der Waals surface area (Å²) >= 11 is 1.58. The Labute approximate surface area is 145 Å². The van der Waals surface area contributed by atoms with Gasteiger partial charge in [-0.1, -0.05) is 12.1 Å². The van der Waals surface area contributed by atoms with Crippen molar-refractivity contribution in [2.75, 3.05) is 26.5 Å². The average Bonchev–Trinajstić information content (AvgIpc) is 3.10. The molecule has 0 radical (unpaired) electrons. The Morgan fingerprint density at radius 2 is 2.00 bits per heavy atom. The first-order valence-corrected chi connectivity index (χ1v) is 8.89. The number of benzene rings is 1. The topological polar surface area (TPSA) is 64.6 Å². The SMILES string of the molecule is COc1nccnc1OC1CCN(C(=O)c2ccccc2SC)C1. The van der Waals surface area contributed by atoms with Gasteiger partial charge in [0, 0.05) is 30.3 Å². The Bertz CT molecular complexity index is 726. The van der Waals surface area contributed by atoms with Crippen molar-refractivity contribution >= 4 is 17.7 Å². The molecule has 1 aliphatic heterocycles. The van der Waals surface area contributed by atoms with E-state index in [1.54, 1.807) is 24.2 Å². The van der Waals surface area contributed by atoms with Crippen molar-refractivity contribution in [3.8, 4) is 11.8 Å². The molecule has 0 spiro atoms. The largest absolute Gasteiger partial charge is 0.477 e. The van der Waals surface area contributed by atoms with Crippen LogP contribution in [-0.4, -0.2) is 53.3 Å². The van der Waals surface area contributed by atoms with Crippen LogP contribution in [0.25, 0.3) is 0 Å². The maximum absolute atomic E-state index is 12.8. The highest BCUT2D eigenvalue weighted by Crippen LogP contribution is 2.26. The van der Waals surface area contributed by atoms with Crippen LogP contribution in [0.1, 0.15) is 16.8 Å². The first kappa shape index (κ1) is 16.6. The lowest BCUT2D eigenvalue weighted by atomic mass is 10.2. The van der Waals surface area contributed by atoms with Crippen LogP contribution >= 0.6 is 11.8 Å². The van der Waals surface area contributed by atoms with E-state index in [2.05, 4.69) is 9.97 Å². The first-order valence-electron chi connectivity index (χ1n) is 7.67. The van der Waals surface area contributed by atoms with E-state index in [4.69, 9.17) is 9.47 Å². The molecule has 1 aromatic carbocycles. The summed E-state index contributed by atoms with van der Waals surface area (Å²) in [5.74, 6) is 0.760. The molecule has 0 saturated carbocycles. The Morgan fingerprint density at radius 3 is 2.75 bits per heavy atom. The summed E-state index contributed by atoms with van der Waals surface area (Å²) in [5, 5.41) is 0. The third-order valence-corrected chi connectivity index (χ3v) is 4.67. The van der Waals surface area contributed by atoms with E-state index in [1.807, 2.05) is 35.4 Å². The number of aromatic nitrogens is 2. The lowest BCUT2D eigenvalue weighted by Gasteiger charge is -2.18. The van der Waals surface area contributed by atoms with Gasteiger partial charge in [-0.3, -0.25) is 4.79 Å². The number of nitrogens with zero attached hydrogens (tertiary/aromatic N) is 3. The number of hydrogen-bond acceptors (Lipinski definition) is 6. The molecule has 0 bridgehead atoms. The smallest absolute Gasteiger partial charge is 0.278 e. The van der Waals surface area contributed by atoms with Crippen LogP contribution in [0.3, 0.4) is 0 Å². The van der Waals surface area contributed by atoms with E-state index < -0.39 is 0 Å². The van der Waals surface area contributed by atoms with Crippen molar-refractivity contribution in [2.24, 2.45) is 0 Å². The summed E-state index contributed by atoms with van der Waals surface area (Å²) in [6, 6.07) is 7.67. The molecule has 0 aliphatic carbocycles. The van der Waals surface area contributed by atoms with Crippen molar-refractivity contribution in [2.45, 2.75) is 17.4 Å². The van der Waals surface area contributed by atoms with E-state index in [1.165, 1.54) is 7.11 Å². The van der Waals surface area contributed by atoms with E-state index >= 15 is 0 Å². The molecule has 1 aliphatic rings. The number of amides is 1. The molecule has 6 nitrogen and oxygen atoms in total. The van der Waals surface area contributed by atoms with Crippen LogP contribution in [0.4, 0.5) is 0 Å². The highest BCUT2D eigenvalue weighted by atomic mass is 32.2. The molecule has 1 fully saturated rings. The monoisotopic (exact) mass is 345 g/mol. The maximum atomic E-state index is 12.8. The quantitative estimate of drug-likeness (QED) is 0.776. The van der Waals surface area contributed by atoms with Gasteiger partial charge in [-0.05, 0) is 18.4 Å². The van der Waals surface area contributed by atoms with Crippen LogP contribution in [0, 0.1) is 0 Å². The molecule has 2 aromatic rings. The third-order valence-electron chi connectivity index (χ3n) is 3.87. The van der Waals surface area contributed by atoms with Crippen LogP contribution < -0.4 is 9.47 Å². The van der Waals surface area contributed by atoms with E-state index in [0.29, 0.717) is 24.8 Å². The molecule has 0 N–H and O–H groups in total. The van der Waals surface area contributed by atoms with Crippen LogP contribution in [0.5, 0.6) is 11.8 Å². The van der Waals surface area contributed by atoms with Crippen molar-refractivity contribution in [1.29, 1.82) is 0 Å². The Morgan fingerprint density at radius 1 is 1.25 bits per heavy atom. The molecule has 1 saturated heterocycles. The number of carbonyl (C=O) groups is 1. The number of methoxy groups -OCH3 is 1. The number of hydrogen-bond donors (Lipinski definition) is 0. The summed E-state index contributed by atoms with van der Waals surface area (Å²) in [5.41, 5.74) is 0.739. The van der Waals surface area contributed by atoms with Gasteiger partial charge < -0.3 is 14.4 Å². The standard InChI is InChI=1S/C17H19N3O3S/c1-22-15-16(19-9-8-18-15)23-12-7-10-20(11-12)17(21)13-5-3-4-6-14(13)24-2/h3-6,8-9,12H,7,10-11H2,1-2H3. The number of carbonyl (C=O) groups excluding carboxylic acids is 1. The van der Waals surface area contributed by atoms with Crippen molar-refractivity contribution in [3.05, 3.63) is 42.2 Å². The lowest BCUT2D eigenvalue weighted by molar-refractivity contribution is 0.0767. The summed E-state index contributed by atoms with van der Waals surface area (Å²) in [4.78, 5) is 23.8. The number of likely N-dealkylation sites (tertiary alicyclic amines) is 1. The van der Waals surface area contributed by atoms with Gasteiger partial charge in [0.15, 0.2) is 0 Å². The Hall–Kier alpha value is -2.28. The molecule has 1 amide bonds. The van der Waals surface area contributed by atoms with Gasteiger partial charge in [-0.15, -0.1) is 11.8 Å². The van der Waals surface area contributed by atoms with Crippen LogP contribution in [0.2, 0.25) is 0 Å². The average molecular weight is 345 g/mol. The van der Waals surface area contributed by atoms with Gasteiger partial charge in [-0.2, -0.15) is 0 Å². The summed E-state index contributed by atoms with van der Waals surface area (Å²) in [6.07, 6.45) is 5.73. The predicted octanol–water partition coefficient (Wildman–Crippen LogP) is 2.50. The fourth-order valence-corrected chi connectivity index (χ4v) is 3.28. The van der Waals surface area contributed by atoms with Crippen LogP contribution in [0.15, 0.2) is 41.6 Å². The van der Waals surface area contributed by atoms with E-state index in [9.17, 15) is 4.79 Å². The predicted molar refractivity (Wildman–Crippen MR) is 91.7 cm³/mol. The number of thioether (sulfide) groups is 1. The molecule has 126 valence electrons. The normalized spacial score (nSPS) is 16.9. The Kier molecular flexibility index (Phi) is 5.20. The zero-order valence-corrected chi connectivity index (χ0v) is 14.5. The van der Waals surface area contributed by atoms with Crippen molar-refractivity contribution in [3.63, 3.8) is 0 Å². The van der Waals surface area contributed by atoms with Gasteiger partial charge in [0.1, 0.15) is 6.10 Å². The third kappa shape index (κ3) is 3.46. The summed E-state index contributed by atoms with van der Waals surface area (Å²) in [7, 11) is 1.53. The molecule has 1 atom stereocenters. The highest BCUT2D eigenvalue weighted by Gasteiger charge is 2.30. The fourth-order valence-electron chi connectivity index (χ4n) is 2.69. The minimum atomic E-state index is -0.110. The molecule has 1 unspecified atom stereocenters. The number of rotatable bonds is 5. The van der Waals surface area contributed by atoms with Gasteiger partial charge in [-0.25, -0.2) is 9.97 Å². The first-order chi connectivity index (χ1) is 11.7. The fraction of sp³-hybridized carbons (Fsp3) is 0.353. The number of ether oxygens (including phenoxy) is 2. The molecule has 3 rings (SSSR count). The molecule has 7 heteroatoms. The second kappa shape index (κ2) is 7.53. The van der Waals surface area contributed by atoms with Crippen LogP contribution in [-0.2, 0) is 0 Å². The lowest BCUT2D eigenvalue weighted by Crippen LogP contribution is -2.31. The van der Waals surface area contributed by atoms with Gasteiger partial charge in [0.05, 0.1) is 19.2 Å². The van der Waals surface area contributed by atoms with Gasteiger partial charge >= 0.3 is 0 Å². The van der Waals surface area contributed by atoms with Crippen molar-refractivity contribution in [1.82, 2.24) is 14.9 Å². The molecular formula is C17H19N3O3S. The zero-order valence-electron chi connectivity index (χ0n) is 13.6. The highest BCUT2D eigenvalue weighted by molar-refractivity contribution is 7.98. The van der Waals surface area contributed by atoms with Gasteiger partial charge in [0.25, 0.3) is 17.7 Å². The molecule has 24 heavy (non-hydrogen) atoms. The summed E-state index contributed by atoms with van der Waals surface area (Å²) in [6.45, 7) is 1.19. The summed E-state index contributed by atoms with van der Waals surface area (Å²) < 4.78 is 11.0. The van der Waals surface area contributed by atoms with Crippen molar-refractivity contribution < 1.29 is 14.3 Å².